The minimum absolute atomic E-state index is 0.00831. The van der Waals surface area contributed by atoms with Gasteiger partial charge >= 0.3 is 5.97 Å². The first-order chi connectivity index (χ1) is 11.8. The van der Waals surface area contributed by atoms with Gasteiger partial charge in [-0.15, -0.1) is 0 Å². The zero-order valence-electron chi connectivity index (χ0n) is 14.1. The highest BCUT2D eigenvalue weighted by molar-refractivity contribution is 6.33. The number of aliphatic hydroxyl groups is 1. The Kier molecular flexibility index (Phi) is 4.88. The fourth-order valence-corrected chi connectivity index (χ4v) is 4.11. The van der Waals surface area contributed by atoms with Gasteiger partial charge in [-0.3, -0.25) is 4.79 Å². The van der Waals surface area contributed by atoms with E-state index < -0.39 is 12.1 Å². The van der Waals surface area contributed by atoms with E-state index in [1.54, 1.807) is 17.0 Å². The van der Waals surface area contributed by atoms with Gasteiger partial charge in [-0.25, -0.2) is 9.78 Å². The van der Waals surface area contributed by atoms with Crippen LogP contribution in [0, 0.1) is 5.41 Å². The lowest BCUT2D eigenvalue weighted by atomic mass is 9.71. The van der Waals surface area contributed by atoms with Crippen molar-refractivity contribution >= 4 is 29.3 Å². The number of carboxylic acid groups (broad SMARTS) is 1. The van der Waals surface area contributed by atoms with Gasteiger partial charge in [-0.1, -0.05) is 11.6 Å². The molecule has 1 atom stereocenters. The Balaban J connectivity index is 1.72. The van der Waals surface area contributed by atoms with Crippen LogP contribution in [0.25, 0.3) is 0 Å². The maximum absolute atomic E-state index is 11.7. The minimum atomic E-state index is -1.15. The summed E-state index contributed by atoms with van der Waals surface area (Å²) in [5, 5.41) is 19.4. The van der Waals surface area contributed by atoms with Crippen molar-refractivity contribution in [3.05, 3.63) is 22.8 Å². The fourth-order valence-electron chi connectivity index (χ4n) is 3.92. The normalized spacial score (nSPS) is 22.9. The third-order valence-corrected chi connectivity index (χ3v) is 5.56. The molecule has 0 saturated carbocycles. The number of rotatable bonds is 2. The topological polar surface area (TPSA) is 94.0 Å². The predicted octanol–water partition coefficient (Wildman–Crippen LogP) is 1.63. The summed E-state index contributed by atoms with van der Waals surface area (Å²) < 4.78 is 0. The van der Waals surface area contributed by atoms with Crippen LogP contribution in [0.4, 0.5) is 5.82 Å². The number of amides is 1. The molecule has 1 amide bonds. The monoisotopic (exact) mass is 367 g/mol. The fraction of sp³-hybridized carbons (Fsp3) is 0.588. The van der Waals surface area contributed by atoms with Crippen molar-refractivity contribution in [3.63, 3.8) is 0 Å². The van der Waals surface area contributed by atoms with E-state index in [9.17, 15) is 14.7 Å². The largest absolute Gasteiger partial charge is 0.476 e. The number of carbonyl (C=O) groups is 2. The molecule has 7 nitrogen and oxygen atoms in total. The zero-order valence-corrected chi connectivity index (χ0v) is 14.9. The Labute approximate surface area is 151 Å². The van der Waals surface area contributed by atoms with Gasteiger partial charge in [0, 0.05) is 33.1 Å². The molecule has 1 aromatic rings. The quantitative estimate of drug-likeness (QED) is 0.825. The summed E-state index contributed by atoms with van der Waals surface area (Å²) in [7, 11) is 0. The van der Waals surface area contributed by atoms with Gasteiger partial charge in [-0.2, -0.15) is 0 Å². The van der Waals surface area contributed by atoms with Crippen molar-refractivity contribution in [3.8, 4) is 0 Å². The number of pyridine rings is 1. The highest BCUT2D eigenvalue weighted by Gasteiger charge is 2.42. The second kappa shape index (κ2) is 6.80. The maximum atomic E-state index is 11.7. The number of aromatic nitrogens is 1. The van der Waals surface area contributed by atoms with E-state index >= 15 is 0 Å². The Morgan fingerprint density at radius 2 is 2.00 bits per heavy atom. The number of halogens is 1. The van der Waals surface area contributed by atoms with Crippen molar-refractivity contribution in [1.82, 2.24) is 9.88 Å². The van der Waals surface area contributed by atoms with Crippen LogP contribution in [0.1, 0.15) is 36.7 Å². The molecule has 1 spiro atoms. The molecule has 0 aromatic carbocycles. The summed E-state index contributed by atoms with van der Waals surface area (Å²) in [5.74, 6) is -0.560. The van der Waals surface area contributed by atoms with E-state index in [2.05, 4.69) is 4.98 Å². The molecule has 2 N–H and O–H groups in total. The molecule has 2 saturated heterocycles. The van der Waals surface area contributed by atoms with Crippen LogP contribution in [0.5, 0.6) is 0 Å². The van der Waals surface area contributed by atoms with Crippen LogP contribution in [-0.4, -0.2) is 64.3 Å². The lowest BCUT2D eigenvalue weighted by Crippen LogP contribution is -2.55. The van der Waals surface area contributed by atoms with Gasteiger partial charge in [0.1, 0.15) is 5.82 Å². The lowest BCUT2D eigenvalue weighted by Gasteiger charge is -2.49. The number of aliphatic hydroxyl groups excluding tert-OH is 1. The molecule has 1 unspecified atom stereocenters. The van der Waals surface area contributed by atoms with Crippen molar-refractivity contribution in [2.75, 3.05) is 31.1 Å². The summed E-state index contributed by atoms with van der Waals surface area (Å²) in [4.78, 5) is 30.9. The second-order valence-corrected chi connectivity index (χ2v) is 7.46. The molecule has 3 rings (SSSR count). The van der Waals surface area contributed by atoms with E-state index in [0.29, 0.717) is 38.4 Å². The molecule has 2 fully saturated rings. The standard InChI is InChI=1S/C17H22ClN3O4/c1-11(22)21-9-12(23)8-17(10-21)4-6-20(7-5-17)14-3-2-13(18)15(19-14)16(24)25/h2-3,12,23H,4-10H2,1H3,(H,24,25). The number of carbonyl (C=O) groups excluding carboxylic acids is 1. The first kappa shape index (κ1) is 17.9. The molecule has 25 heavy (non-hydrogen) atoms. The SMILES string of the molecule is CC(=O)N1CC(O)CC2(CCN(c3ccc(Cl)c(C(=O)O)n3)CC2)C1. The Hall–Kier alpha value is -1.86. The molecule has 3 heterocycles. The van der Waals surface area contributed by atoms with Crippen LogP contribution in [0.15, 0.2) is 12.1 Å². The molecule has 2 aliphatic heterocycles. The van der Waals surface area contributed by atoms with Gasteiger partial charge in [0.15, 0.2) is 5.69 Å². The number of anilines is 1. The first-order valence-corrected chi connectivity index (χ1v) is 8.76. The van der Waals surface area contributed by atoms with Crippen LogP contribution >= 0.6 is 11.6 Å². The summed E-state index contributed by atoms with van der Waals surface area (Å²) >= 11 is 5.88. The smallest absolute Gasteiger partial charge is 0.356 e. The number of likely N-dealkylation sites (tertiary alicyclic amines) is 1. The molecule has 0 bridgehead atoms. The highest BCUT2D eigenvalue weighted by Crippen LogP contribution is 2.40. The number of piperidine rings is 2. The number of carboxylic acids is 1. The van der Waals surface area contributed by atoms with Gasteiger partial charge in [0.05, 0.1) is 11.1 Å². The average molecular weight is 368 g/mol. The van der Waals surface area contributed by atoms with E-state index in [1.165, 1.54) is 6.92 Å². The molecular formula is C17H22ClN3O4. The highest BCUT2D eigenvalue weighted by atomic mass is 35.5. The molecule has 136 valence electrons. The summed E-state index contributed by atoms with van der Waals surface area (Å²) in [6.45, 7) is 4.01. The molecule has 0 aliphatic carbocycles. The number of aromatic carboxylic acids is 1. The van der Waals surface area contributed by atoms with Crippen LogP contribution in [0.2, 0.25) is 5.02 Å². The van der Waals surface area contributed by atoms with Crippen molar-refractivity contribution in [1.29, 1.82) is 0 Å². The van der Waals surface area contributed by atoms with E-state index in [4.69, 9.17) is 16.7 Å². The van der Waals surface area contributed by atoms with Crippen molar-refractivity contribution in [2.24, 2.45) is 5.41 Å². The first-order valence-electron chi connectivity index (χ1n) is 8.38. The van der Waals surface area contributed by atoms with Gasteiger partial charge in [0.2, 0.25) is 5.91 Å². The second-order valence-electron chi connectivity index (χ2n) is 7.05. The number of β-amino-alcohol motifs (C(OH)–C–C–N with tert-alkyl or cyclic N) is 1. The van der Waals surface area contributed by atoms with E-state index in [1.807, 2.05) is 4.90 Å². The summed E-state index contributed by atoms with van der Waals surface area (Å²) in [5.41, 5.74) is -0.225. The Bertz CT molecular complexity index is 688. The van der Waals surface area contributed by atoms with E-state index in [0.717, 1.165) is 12.8 Å². The van der Waals surface area contributed by atoms with Crippen molar-refractivity contribution in [2.45, 2.75) is 32.3 Å². The van der Waals surface area contributed by atoms with Gasteiger partial charge in [0.25, 0.3) is 0 Å². The van der Waals surface area contributed by atoms with E-state index in [-0.39, 0.29) is 22.0 Å². The van der Waals surface area contributed by atoms with Crippen LogP contribution < -0.4 is 4.90 Å². The predicted molar refractivity (Wildman–Crippen MR) is 93.0 cm³/mol. The molecule has 2 aliphatic rings. The maximum Gasteiger partial charge on any atom is 0.356 e. The molecule has 8 heteroatoms. The van der Waals surface area contributed by atoms with Crippen LogP contribution in [0.3, 0.4) is 0 Å². The molecule has 0 radical (unpaired) electrons. The minimum Gasteiger partial charge on any atom is -0.476 e. The third-order valence-electron chi connectivity index (χ3n) is 5.25. The lowest BCUT2D eigenvalue weighted by molar-refractivity contribution is -0.137. The average Bonchev–Trinajstić information content (AvgIpc) is 2.55. The number of nitrogens with zero attached hydrogens (tertiary/aromatic N) is 3. The number of hydrogen-bond donors (Lipinski definition) is 2. The van der Waals surface area contributed by atoms with Crippen LogP contribution in [-0.2, 0) is 4.79 Å². The molecule has 1 aromatic heterocycles. The third kappa shape index (κ3) is 3.72. The Morgan fingerprint density at radius 3 is 2.60 bits per heavy atom. The summed E-state index contributed by atoms with van der Waals surface area (Å²) in [6.07, 6.45) is 1.84. The zero-order chi connectivity index (χ0) is 18.2. The number of hydrogen-bond acceptors (Lipinski definition) is 5. The Morgan fingerprint density at radius 1 is 1.32 bits per heavy atom. The van der Waals surface area contributed by atoms with Gasteiger partial charge < -0.3 is 20.0 Å². The van der Waals surface area contributed by atoms with Gasteiger partial charge in [-0.05, 0) is 36.8 Å². The van der Waals surface area contributed by atoms with Crippen molar-refractivity contribution < 1.29 is 19.8 Å². The molecular weight excluding hydrogens is 346 g/mol. The summed E-state index contributed by atoms with van der Waals surface area (Å²) in [6, 6.07) is 3.28.